The number of carbonyl (C=O) groups is 1. The molecule has 0 aliphatic carbocycles. The molecule has 19 heavy (non-hydrogen) atoms. The van der Waals surface area contributed by atoms with Gasteiger partial charge in [-0.15, -0.1) is 0 Å². The van der Waals surface area contributed by atoms with Crippen LogP contribution in [0.3, 0.4) is 0 Å². The van der Waals surface area contributed by atoms with Gasteiger partial charge in [0.15, 0.2) is 0 Å². The molecule has 0 radical (unpaired) electrons. The maximum atomic E-state index is 12.6. The van der Waals surface area contributed by atoms with Crippen molar-refractivity contribution in [2.24, 2.45) is 0 Å². The number of amides is 1. The van der Waals surface area contributed by atoms with E-state index in [9.17, 15) is 4.79 Å². The predicted octanol–water partition coefficient (Wildman–Crippen LogP) is 2.92. The van der Waals surface area contributed by atoms with Gasteiger partial charge in [0.2, 0.25) is 0 Å². The fourth-order valence-corrected chi connectivity index (χ4v) is 2.96. The molecule has 0 saturated carbocycles. The Morgan fingerprint density at radius 1 is 1.26 bits per heavy atom. The summed E-state index contributed by atoms with van der Waals surface area (Å²) < 4.78 is 0.877. The number of aryl methyl sites for hydroxylation is 1. The van der Waals surface area contributed by atoms with Crippen molar-refractivity contribution in [3.8, 4) is 0 Å². The Morgan fingerprint density at radius 3 is 2.42 bits per heavy atom. The highest BCUT2D eigenvalue weighted by molar-refractivity contribution is 9.10. The number of benzene rings is 1. The van der Waals surface area contributed by atoms with Gasteiger partial charge in [0.25, 0.3) is 5.91 Å². The quantitative estimate of drug-likeness (QED) is 0.793. The standard InChI is InChI=1S/C15H21BrN2O/c1-10-5-6-14(16)13(7-10)15(19)18-8-11(2)17(4)12(3)9-18/h5-7,11-12H,8-9H2,1-4H3. The number of hydrogen-bond acceptors (Lipinski definition) is 2. The maximum absolute atomic E-state index is 12.6. The second kappa shape index (κ2) is 5.63. The molecule has 1 amide bonds. The summed E-state index contributed by atoms with van der Waals surface area (Å²) in [6.07, 6.45) is 0. The molecular weight excluding hydrogens is 304 g/mol. The molecule has 0 aromatic heterocycles. The van der Waals surface area contributed by atoms with E-state index in [1.165, 1.54) is 0 Å². The molecule has 4 heteroatoms. The highest BCUT2D eigenvalue weighted by Crippen LogP contribution is 2.22. The second-order valence-electron chi connectivity index (χ2n) is 5.56. The van der Waals surface area contributed by atoms with Crippen LogP contribution in [0, 0.1) is 6.92 Å². The molecule has 1 aromatic rings. The Hall–Kier alpha value is -0.870. The molecule has 1 fully saturated rings. The van der Waals surface area contributed by atoms with Gasteiger partial charge in [0.1, 0.15) is 0 Å². The van der Waals surface area contributed by atoms with Crippen molar-refractivity contribution >= 4 is 21.8 Å². The summed E-state index contributed by atoms with van der Waals surface area (Å²) >= 11 is 3.48. The van der Waals surface area contributed by atoms with Gasteiger partial charge in [-0.25, -0.2) is 0 Å². The summed E-state index contributed by atoms with van der Waals surface area (Å²) in [6.45, 7) is 7.93. The third-order valence-corrected chi connectivity index (χ3v) is 4.69. The van der Waals surface area contributed by atoms with Crippen molar-refractivity contribution in [3.63, 3.8) is 0 Å². The van der Waals surface area contributed by atoms with Crippen molar-refractivity contribution in [2.75, 3.05) is 20.1 Å². The summed E-state index contributed by atoms with van der Waals surface area (Å²) in [5.41, 5.74) is 1.88. The van der Waals surface area contributed by atoms with E-state index in [0.29, 0.717) is 12.1 Å². The van der Waals surface area contributed by atoms with Crippen molar-refractivity contribution in [1.29, 1.82) is 0 Å². The number of rotatable bonds is 1. The van der Waals surface area contributed by atoms with Gasteiger partial charge in [-0.3, -0.25) is 9.69 Å². The van der Waals surface area contributed by atoms with Gasteiger partial charge in [-0.05, 0) is 55.9 Å². The smallest absolute Gasteiger partial charge is 0.255 e. The number of nitrogens with zero attached hydrogens (tertiary/aromatic N) is 2. The fraction of sp³-hybridized carbons (Fsp3) is 0.533. The van der Waals surface area contributed by atoms with Crippen LogP contribution in [0.5, 0.6) is 0 Å². The summed E-state index contributed by atoms with van der Waals surface area (Å²) in [5.74, 6) is 0.127. The van der Waals surface area contributed by atoms with Crippen LogP contribution >= 0.6 is 15.9 Å². The van der Waals surface area contributed by atoms with E-state index in [4.69, 9.17) is 0 Å². The molecular formula is C15H21BrN2O. The molecule has 0 N–H and O–H groups in total. The van der Waals surface area contributed by atoms with E-state index >= 15 is 0 Å². The van der Waals surface area contributed by atoms with E-state index in [1.54, 1.807) is 0 Å². The van der Waals surface area contributed by atoms with Crippen LogP contribution in [0.2, 0.25) is 0 Å². The fourth-order valence-electron chi connectivity index (χ4n) is 2.54. The first-order valence-corrected chi connectivity index (χ1v) is 7.47. The van der Waals surface area contributed by atoms with Crippen LogP contribution in [0.15, 0.2) is 22.7 Å². The highest BCUT2D eigenvalue weighted by Gasteiger charge is 2.30. The number of piperazine rings is 1. The Morgan fingerprint density at radius 2 is 1.84 bits per heavy atom. The molecule has 0 bridgehead atoms. The maximum Gasteiger partial charge on any atom is 0.255 e. The minimum absolute atomic E-state index is 0.127. The van der Waals surface area contributed by atoms with E-state index in [1.807, 2.05) is 30.0 Å². The summed E-state index contributed by atoms with van der Waals surface area (Å²) in [5, 5.41) is 0. The van der Waals surface area contributed by atoms with Crippen LogP contribution in [-0.4, -0.2) is 47.9 Å². The average molecular weight is 325 g/mol. The Labute approximate surface area is 123 Å². The molecule has 0 spiro atoms. The molecule has 1 aliphatic rings. The van der Waals surface area contributed by atoms with E-state index in [2.05, 4.69) is 41.7 Å². The lowest BCUT2D eigenvalue weighted by Crippen LogP contribution is -2.56. The average Bonchev–Trinajstić information content (AvgIpc) is 2.37. The van der Waals surface area contributed by atoms with Gasteiger partial charge in [0.05, 0.1) is 5.56 Å². The van der Waals surface area contributed by atoms with Gasteiger partial charge < -0.3 is 4.90 Å². The molecule has 1 aromatic carbocycles. The Balaban J connectivity index is 2.22. The van der Waals surface area contributed by atoms with E-state index in [-0.39, 0.29) is 5.91 Å². The van der Waals surface area contributed by atoms with Crippen LogP contribution < -0.4 is 0 Å². The molecule has 104 valence electrons. The number of hydrogen-bond donors (Lipinski definition) is 0. The Bertz CT molecular complexity index is 477. The minimum atomic E-state index is 0.127. The van der Waals surface area contributed by atoms with Gasteiger partial charge in [-0.1, -0.05) is 11.6 Å². The zero-order valence-electron chi connectivity index (χ0n) is 12.0. The van der Waals surface area contributed by atoms with Crippen molar-refractivity contribution in [1.82, 2.24) is 9.80 Å². The van der Waals surface area contributed by atoms with Crippen molar-refractivity contribution < 1.29 is 4.79 Å². The zero-order valence-corrected chi connectivity index (χ0v) is 13.6. The third kappa shape index (κ3) is 3.00. The molecule has 1 saturated heterocycles. The molecule has 1 aliphatic heterocycles. The van der Waals surface area contributed by atoms with Gasteiger partial charge in [-0.2, -0.15) is 0 Å². The normalized spacial score (nSPS) is 24.6. The SMILES string of the molecule is Cc1ccc(Br)c(C(=O)N2CC(C)N(C)C(C)C2)c1. The molecule has 2 atom stereocenters. The second-order valence-corrected chi connectivity index (χ2v) is 6.41. The van der Waals surface area contributed by atoms with E-state index in [0.717, 1.165) is 28.7 Å². The van der Waals surface area contributed by atoms with Crippen LogP contribution in [0.1, 0.15) is 29.8 Å². The first-order chi connectivity index (χ1) is 8.90. The number of carbonyl (C=O) groups excluding carboxylic acids is 1. The number of halogens is 1. The lowest BCUT2D eigenvalue weighted by Gasteiger charge is -2.42. The van der Waals surface area contributed by atoms with Crippen molar-refractivity contribution in [3.05, 3.63) is 33.8 Å². The largest absolute Gasteiger partial charge is 0.335 e. The van der Waals surface area contributed by atoms with Crippen molar-refractivity contribution in [2.45, 2.75) is 32.9 Å². The summed E-state index contributed by atoms with van der Waals surface area (Å²) in [6, 6.07) is 6.72. The minimum Gasteiger partial charge on any atom is -0.335 e. The lowest BCUT2D eigenvalue weighted by molar-refractivity contribution is 0.0413. The summed E-state index contributed by atoms with van der Waals surface area (Å²) in [7, 11) is 2.12. The van der Waals surface area contributed by atoms with E-state index < -0.39 is 0 Å². The zero-order chi connectivity index (χ0) is 14.2. The van der Waals surface area contributed by atoms with Gasteiger partial charge in [0, 0.05) is 29.6 Å². The predicted molar refractivity (Wildman–Crippen MR) is 81.5 cm³/mol. The first kappa shape index (κ1) is 14.5. The summed E-state index contributed by atoms with van der Waals surface area (Å²) in [4.78, 5) is 16.9. The Kier molecular flexibility index (Phi) is 4.31. The first-order valence-electron chi connectivity index (χ1n) is 6.67. The van der Waals surface area contributed by atoms with Crippen LogP contribution in [0.4, 0.5) is 0 Å². The number of likely N-dealkylation sites (N-methyl/N-ethyl adjacent to an activating group) is 1. The highest BCUT2D eigenvalue weighted by atomic mass is 79.9. The lowest BCUT2D eigenvalue weighted by atomic mass is 10.1. The topological polar surface area (TPSA) is 23.6 Å². The van der Waals surface area contributed by atoms with Gasteiger partial charge >= 0.3 is 0 Å². The molecule has 2 unspecified atom stereocenters. The molecule has 2 rings (SSSR count). The monoisotopic (exact) mass is 324 g/mol. The molecule has 3 nitrogen and oxygen atoms in total. The van der Waals surface area contributed by atoms with Crippen LogP contribution in [-0.2, 0) is 0 Å². The molecule has 1 heterocycles. The van der Waals surface area contributed by atoms with Crippen LogP contribution in [0.25, 0.3) is 0 Å². The third-order valence-electron chi connectivity index (χ3n) is 4.00.